The summed E-state index contributed by atoms with van der Waals surface area (Å²) >= 11 is 0. The normalized spacial score (nSPS) is 12.2. The van der Waals surface area contributed by atoms with Crippen LogP contribution in [0.2, 0.25) is 0 Å². The summed E-state index contributed by atoms with van der Waals surface area (Å²) in [6, 6.07) is 15.8. The number of rotatable bonds is 7. The van der Waals surface area contributed by atoms with Gasteiger partial charge in [-0.2, -0.15) is 4.31 Å². The van der Waals surface area contributed by atoms with E-state index in [4.69, 9.17) is 0 Å². The molecule has 0 saturated heterocycles. The monoisotopic (exact) mass is 372 g/mol. The maximum Gasteiger partial charge on any atom is 0.251 e. The zero-order chi connectivity index (χ0) is 19.2. The highest BCUT2D eigenvalue weighted by atomic mass is 32.2. The van der Waals surface area contributed by atoms with Gasteiger partial charge in [0, 0.05) is 24.4 Å². The van der Waals surface area contributed by atoms with Crippen LogP contribution in [0.4, 0.5) is 5.69 Å². The van der Waals surface area contributed by atoms with Crippen LogP contribution in [0.5, 0.6) is 0 Å². The van der Waals surface area contributed by atoms with Gasteiger partial charge in [0.15, 0.2) is 0 Å². The second kappa shape index (κ2) is 8.78. The Bertz CT molecular complexity index is 869. The van der Waals surface area contributed by atoms with Gasteiger partial charge in [0.1, 0.15) is 0 Å². The molecule has 1 N–H and O–H groups in total. The van der Waals surface area contributed by atoms with Crippen molar-refractivity contribution in [2.75, 3.05) is 18.4 Å². The van der Waals surface area contributed by atoms with Crippen LogP contribution in [0.1, 0.15) is 26.3 Å². The summed E-state index contributed by atoms with van der Waals surface area (Å²) in [5, 5.41) is 2.78. The molecule has 0 aliphatic heterocycles. The van der Waals surface area contributed by atoms with Gasteiger partial charge in [0.25, 0.3) is 5.91 Å². The molecule has 5 nitrogen and oxygen atoms in total. The van der Waals surface area contributed by atoms with E-state index in [1.165, 1.54) is 16.4 Å². The number of sulfonamides is 1. The van der Waals surface area contributed by atoms with Gasteiger partial charge in [-0.05, 0) is 42.8 Å². The summed E-state index contributed by atoms with van der Waals surface area (Å²) in [6.45, 7) is 6.18. The van der Waals surface area contributed by atoms with Gasteiger partial charge in [-0.25, -0.2) is 8.42 Å². The van der Waals surface area contributed by atoms with E-state index in [1.807, 2.05) is 30.3 Å². The number of carbonyl (C=O) groups excluding carboxylic acids is 1. The van der Waals surface area contributed by atoms with Gasteiger partial charge in [-0.15, -0.1) is 0 Å². The molecule has 0 atom stereocenters. The first-order valence-corrected chi connectivity index (χ1v) is 9.97. The molecule has 0 fully saturated rings. The van der Waals surface area contributed by atoms with Crippen LogP contribution in [0, 0.1) is 0 Å². The minimum absolute atomic E-state index is 0.218. The number of amides is 1. The van der Waals surface area contributed by atoms with Gasteiger partial charge in [-0.1, -0.05) is 44.2 Å². The lowest BCUT2D eigenvalue weighted by atomic mass is 10.1. The average molecular weight is 372 g/mol. The molecule has 0 radical (unpaired) electrons. The van der Waals surface area contributed by atoms with E-state index in [0.29, 0.717) is 24.4 Å². The summed E-state index contributed by atoms with van der Waals surface area (Å²) < 4.78 is 26.3. The zero-order valence-corrected chi connectivity index (χ0v) is 16.1. The van der Waals surface area contributed by atoms with Crippen LogP contribution in [0.25, 0.3) is 6.08 Å². The van der Waals surface area contributed by atoms with Crippen molar-refractivity contribution >= 4 is 27.7 Å². The van der Waals surface area contributed by atoms with Crippen LogP contribution < -0.4 is 5.32 Å². The highest BCUT2D eigenvalue weighted by molar-refractivity contribution is 7.89. The van der Waals surface area contributed by atoms with Crippen molar-refractivity contribution in [3.63, 3.8) is 0 Å². The summed E-state index contributed by atoms with van der Waals surface area (Å²) in [5.74, 6) is -0.229. The number of carbonyl (C=O) groups is 1. The van der Waals surface area contributed by atoms with Crippen LogP contribution in [-0.2, 0) is 14.8 Å². The fourth-order valence-corrected chi connectivity index (χ4v) is 3.98. The van der Waals surface area contributed by atoms with Gasteiger partial charge < -0.3 is 5.32 Å². The Hall–Kier alpha value is -2.44. The van der Waals surface area contributed by atoms with E-state index in [0.717, 1.165) is 5.56 Å². The van der Waals surface area contributed by atoms with Crippen molar-refractivity contribution in [2.24, 2.45) is 0 Å². The first-order chi connectivity index (χ1) is 12.4. The molecule has 0 heterocycles. The van der Waals surface area contributed by atoms with Crippen molar-refractivity contribution in [1.29, 1.82) is 0 Å². The highest BCUT2D eigenvalue weighted by Gasteiger charge is 2.21. The van der Waals surface area contributed by atoms with Gasteiger partial charge in [0.2, 0.25) is 10.0 Å². The number of hydrogen-bond donors (Lipinski definition) is 1. The van der Waals surface area contributed by atoms with E-state index in [-0.39, 0.29) is 10.8 Å². The molecule has 0 bridgehead atoms. The Morgan fingerprint density at radius 1 is 1.00 bits per heavy atom. The Morgan fingerprint density at radius 2 is 1.58 bits per heavy atom. The zero-order valence-electron chi connectivity index (χ0n) is 15.3. The first-order valence-electron chi connectivity index (χ1n) is 8.53. The number of anilines is 1. The number of benzene rings is 2. The Morgan fingerprint density at radius 3 is 2.12 bits per heavy atom. The van der Waals surface area contributed by atoms with Crippen LogP contribution in [-0.4, -0.2) is 31.7 Å². The van der Waals surface area contributed by atoms with Crippen LogP contribution in [0.3, 0.4) is 0 Å². The molecule has 2 rings (SSSR count). The SMILES string of the molecule is CCN(CC)S(=O)(=O)c1ccc(NC(=O)/C(C)=C/c2ccccc2)cc1. The molecule has 138 valence electrons. The lowest BCUT2D eigenvalue weighted by Crippen LogP contribution is -2.30. The second-order valence-electron chi connectivity index (χ2n) is 5.81. The molecule has 2 aromatic rings. The molecule has 26 heavy (non-hydrogen) atoms. The lowest BCUT2D eigenvalue weighted by molar-refractivity contribution is -0.112. The van der Waals surface area contributed by atoms with Crippen LogP contribution in [0.15, 0.2) is 65.1 Å². The maximum atomic E-state index is 12.5. The van der Waals surface area contributed by atoms with Crippen molar-refractivity contribution < 1.29 is 13.2 Å². The third-order valence-corrected chi connectivity index (χ3v) is 6.06. The van der Waals surface area contributed by atoms with E-state index in [2.05, 4.69) is 5.32 Å². The molecule has 0 aliphatic rings. The predicted octanol–water partition coefficient (Wildman–Crippen LogP) is 3.76. The molecule has 0 spiro atoms. The summed E-state index contributed by atoms with van der Waals surface area (Å²) in [5.41, 5.74) is 2.06. The molecule has 0 aliphatic carbocycles. The van der Waals surface area contributed by atoms with E-state index >= 15 is 0 Å². The molecule has 0 aromatic heterocycles. The molecule has 0 unspecified atom stereocenters. The topological polar surface area (TPSA) is 66.5 Å². The average Bonchev–Trinajstić information content (AvgIpc) is 2.63. The molecular formula is C20H24N2O3S. The quantitative estimate of drug-likeness (QED) is 0.753. The van der Waals surface area contributed by atoms with Gasteiger partial charge in [-0.3, -0.25) is 4.79 Å². The summed E-state index contributed by atoms with van der Waals surface area (Å²) in [7, 11) is -3.49. The van der Waals surface area contributed by atoms with Crippen LogP contribution >= 0.6 is 0 Å². The van der Waals surface area contributed by atoms with E-state index in [9.17, 15) is 13.2 Å². The smallest absolute Gasteiger partial charge is 0.251 e. The van der Waals surface area contributed by atoms with Gasteiger partial charge >= 0.3 is 0 Å². The fraction of sp³-hybridized carbons (Fsp3) is 0.250. The number of hydrogen-bond acceptors (Lipinski definition) is 3. The molecule has 1 amide bonds. The number of nitrogens with one attached hydrogen (secondary N) is 1. The molecular weight excluding hydrogens is 348 g/mol. The van der Waals surface area contributed by atoms with Crippen molar-refractivity contribution in [2.45, 2.75) is 25.7 Å². The largest absolute Gasteiger partial charge is 0.322 e. The van der Waals surface area contributed by atoms with Crippen molar-refractivity contribution in [3.8, 4) is 0 Å². The standard InChI is InChI=1S/C20H24N2O3S/c1-4-22(5-2)26(24,25)19-13-11-18(12-14-19)21-20(23)16(3)15-17-9-7-6-8-10-17/h6-15H,4-5H2,1-3H3,(H,21,23)/b16-15+. The molecule has 6 heteroatoms. The Kier molecular flexibility index (Phi) is 6.71. The fourth-order valence-electron chi connectivity index (χ4n) is 2.52. The molecule has 0 saturated carbocycles. The van der Waals surface area contributed by atoms with E-state index < -0.39 is 10.0 Å². The van der Waals surface area contributed by atoms with Crippen molar-refractivity contribution in [3.05, 3.63) is 65.7 Å². The second-order valence-corrected chi connectivity index (χ2v) is 7.74. The lowest BCUT2D eigenvalue weighted by Gasteiger charge is -2.18. The minimum atomic E-state index is -3.49. The Balaban J connectivity index is 2.12. The summed E-state index contributed by atoms with van der Waals surface area (Å²) in [6.07, 6.45) is 1.80. The maximum absolute atomic E-state index is 12.5. The third-order valence-electron chi connectivity index (χ3n) is 4.00. The minimum Gasteiger partial charge on any atom is -0.322 e. The van der Waals surface area contributed by atoms with Crippen molar-refractivity contribution in [1.82, 2.24) is 4.31 Å². The molecule has 2 aromatic carbocycles. The summed E-state index contributed by atoms with van der Waals surface area (Å²) in [4.78, 5) is 12.5. The first kappa shape index (κ1) is 19.9. The van der Waals surface area contributed by atoms with Gasteiger partial charge in [0.05, 0.1) is 4.90 Å². The third kappa shape index (κ3) is 4.80. The highest BCUT2D eigenvalue weighted by Crippen LogP contribution is 2.19. The van der Waals surface area contributed by atoms with E-state index in [1.54, 1.807) is 39.0 Å². The predicted molar refractivity (Wildman–Crippen MR) is 105 cm³/mol. The number of nitrogens with zero attached hydrogens (tertiary/aromatic N) is 1. The Labute approximate surface area is 155 Å².